The van der Waals surface area contributed by atoms with Crippen molar-refractivity contribution < 1.29 is 13.2 Å². The van der Waals surface area contributed by atoms with E-state index in [1.54, 1.807) is 0 Å². The second-order valence-corrected chi connectivity index (χ2v) is 5.54. The summed E-state index contributed by atoms with van der Waals surface area (Å²) in [4.78, 5) is 11.6. The van der Waals surface area contributed by atoms with Crippen LogP contribution < -0.4 is 10.9 Å². The van der Waals surface area contributed by atoms with Gasteiger partial charge in [-0.3, -0.25) is 4.79 Å². The van der Waals surface area contributed by atoms with Gasteiger partial charge < -0.3 is 9.88 Å². The second kappa shape index (κ2) is 7.11. The molecule has 1 aromatic rings. The highest BCUT2D eigenvalue weighted by Crippen LogP contribution is 2.28. The lowest BCUT2D eigenvalue weighted by Crippen LogP contribution is -2.33. The fourth-order valence-corrected chi connectivity index (χ4v) is 2.85. The van der Waals surface area contributed by atoms with Crippen molar-refractivity contribution in [3.8, 4) is 0 Å². The van der Waals surface area contributed by atoms with Gasteiger partial charge in [-0.15, -0.1) is 0 Å². The van der Waals surface area contributed by atoms with Gasteiger partial charge in [0.25, 0.3) is 5.56 Å². The quantitative estimate of drug-likeness (QED) is 0.848. The summed E-state index contributed by atoms with van der Waals surface area (Å²) in [6.45, 7) is 0.734. The Morgan fingerprint density at radius 1 is 1.19 bits per heavy atom. The summed E-state index contributed by atoms with van der Waals surface area (Å²) in [5.41, 5.74) is -1.46. The maximum atomic E-state index is 12.9. The molecule has 1 N–H and O–H groups in total. The number of aromatic nitrogens is 1. The van der Waals surface area contributed by atoms with Crippen molar-refractivity contribution in [1.29, 1.82) is 0 Å². The molecule has 0 aliphatic heterocycles. The number of nitrogens with one attached hydrogen (secondary N) is 1. The summed E-state index contributed by atoms with van der Waals surface area (Å²) in [6, 6.07) is 3.76. The number of hydrogen-bond donors (Lipinski definition) is 1. The van der Waals surface area contributed by atoms with Crippen molar-refractivity contribution in [1.82, 2.24) is 9.88 Å². The first kappa shape index (κ1) is 16.1. The lowest BCUT2D eigenvalue weighted by Gasteiger charge is -2.23. The molecule has 0 saturated heterocycles. The highest BCUT2D eigenvalue weighted by Gasteiger charge is 2.33. The molecule has 1 saturated carbocycles. The second-order valence-electron chi connectivity index (χ2n) is 5.54. The molecule has 0 unspecified atom stereocenters. The van der Waals surface area contributed by atoms with E-state index in [1.807, 2.05) is 0 Å². The van der Waals surface area contributed by atoms with Crippen molar-refractivity contribution in [3.05, 3.63) is 34.2 Å². The van der Waals surface area contributed by atoms with Crippen molar-refractivity contribution in [2.24, 2.45) is 0 Å². The zero-order valence-corrected chi connectivity index (χ0v) is 12.0. The summed E-state index contributed by atoms with van der Waals surface area (Å²) in [7, 11) is 0. The molecular formula is C15H21F3N2O. The Labute approximate surface area is 122 Å². The minimum atomic E-state index is -4.49. The normalized spacial score (nSPS) is 17.1. The average molecular weight is 302 g/mol. The predicted molar refractivity (Wildman–Crippen MR) is 75.2 cm³/mol. The van der Waals surface area contributed by atoms with E-state index < -0.39 is 17.4 Å². The lowest BCUT2D eigenvalue weighted by atomic mass is 9.95. The van der Waals surface area contributed by atoms with E-state index in [0.717, 1.165) is 29.5 Å². The van der Waals surface area contributed by atoms with E-state index in [4.69, 9.17) is 0 Å². The number of rotatable bonds is 5. The van der Waals surface area contributed by atoms with Gasteiger partial charge in [0.1, 0.15) is 5.69 Å². The summed E-state index contributed by atoms with van der Waals surface area (Å²) in [6.07, 6.45) is 2.01. The van der Waals surface area contributed by atoms with Gasteiger partial charge in [-0.1, -0.05) is 25.3 Å². The van der Waals surface area contributed by atoms with Crippen molar-refractivity contribution in [3.63, 3.8) is 0 Å². The molecule has 118 valence electrons. The van der Waals surface area contributed by atoms with Gasteiger partial charge in [0.2, 0.25) is 0 Å². The monoisotopic (exact) mass is 302 g/mol. The first-order valence-electron chi connectivity index (χ1n) is 7.49. The Balaban J connectivity index is 1.89. The highest BCUT2D eigenvalue weighted by atomic mass is 19.4. The molecule has 1 heterocycles. The molecule has 21 heavy (non-hydrogen) atoms. The van der Waals surface area contributed by atoms with E-state index in [9.17, 15) is 18.0 Å². The van der Waals surface area contributed by atoms with E-state index >= 15 is 0 Å². The molecule has 1 fully saturated rings. The van der Waals surface area contributed by atoms with Crippen LogP contribution in [-0.4, -0.2) is 17.2 Å². The summed E-state index contributed by atoms with van der Waals surface area (Å²) in [5, 5.41) is 3.37. The molecule has 1 aliphatic rings. The van der Waals surface area contributed by atoms with Crippen LogP contribution in [-0.2, 0) is 12.7 Å². The minimum Gasteiger partial charge on any atom is -0.314 e. The van der Waals surface area contributed by atoms with Crippen LogP contribution in [0.4, 0.5) is 13.2 Å². The minimum absolute atomic E-state index is 0.0915. The Hall–Kier alpha value is -1.30. The van der Waals surface area contributed by atoms with Crippen LogP contribution in [0.25, 0.3) is 0 Å². The fraction of sp³-hybridized carbons (Fsp3) is 0.667. The fourth-order valence-electron chi connectivity index (χ4n) is 2.85. The molecule has 3 nitrogen and oxygen atoms in total. The Bertz CT molecular complexity index is 504. The molecule has 0 atom stereocenters. The molecule has 0 amide bonds. The number of hydrogen-bond acceptors (Lipinski definition) is 2. The third-order valence-electron chi connectivity index (χ3n) is 3.94. The van der Waals surface area contributed by atoms with Crippen LogP contribution in [0.5, 0.6) is 0 Å². The van der Waals surface area contributed by atoms with E-state index in [2.05, 4.69) is 5.32 Å². The van der Waals surface area contributed by atoms with Crippen LogP contribution in [0, 0.1) is 0 Å². The lowest BCUT2D eigenvalue weighted by molar-refractivity contribution is -0.144. The van der Waals surface area contributed by atoms with Crippen molar-refractivity contribution in [2.45, 2.75) is 57.3 Å². The first-order chi connectivity index (χ1) is 9.98. The smallest absolute Gasteiger partial charge is 0.314 e. The maximum absolute atomic E-state index is 12.9. The largest absolute Gasteiger partial charge is 0.431 e. The average Bonchev–Trinajstić information content (AvgIpc) is 2.45. The molecule has 6 heteroatoms. The van der Waals surface area contributed by atoms with Crippen LogP contribution in [0.3, 0.4) is 0 Å². The number of alkyl halides is 3. The molecule has 1 aliphatic carbocycles. The van der Waals surface area contributed by atoms with E-state index in [-0.39, 0.29) is 6.54 Å². The zero-order valence-electron chi connectivity index (χ0n) is 12.0. The molecular weight excluding hydrogens is 281 g/mol. The van der Waals surface area contributed by atoms with Gasteiger partial charge in [0, 0.05) is 18.7 Å². The number of halogens is 3. The van der Waals surface area contributed by atoms with Crippen LogP contribution in [0.15, 0.2) is 23.0 Å². The Kier molecular flexibility index (Phi) is 5.45. The predicted octanol–water partition coefficient (Wildman–Crippen LogP) is 3.18. The van der Waals surface area contributed by atoms with Gasteiger partial charge >= 0.3 is 6.18 Å². The maximum Gasteiger partial charge on any atom is 0.431 e. The van der Waals surface area contributed by atoms with E-state index in [1.165, 1.54) is 25.3 Å². The molecule has 0 radical (unpaired) electrons. The highest BCUT2D eigenvalue weighted by molar-refractivity contribution is 5.10. The molecule has 2 rings (SSSR count). The molecule has 0 aromatic carbocycles. The van der Waals surface area contributed by atoms with Crippen LogP contribution >= 0.6 is 0 Å². The number of pyridine rings is 1. The summed E-state index contributed by atoms with van der Waals surface area (Å²) < 4.78 is 39.4. The van der Waals surface area contributed by atoms with Crippen molar-refractivity contribution in [2.75, 3.05) is 6.54 Å². The van der Waals surface area contributed by atoms with Gasteiger partial charge in [-0.25, -0.2) is 0 Å². The van der Waals surface area contributed by atoms with Gasteiger partial charge in [0.15, 0.2) is 0 Å². The number of nitrogens with zero attached hydrogens (tertiary/aromatic N) is 1. The van der Waals surface area contributed by atoms with Crippen LogP contribution in [0.2, 0.25) is 0 Å². The SMILES string of the molecule is O=c1cccc(C(F)(F)F)n1CCCNC1CCCCC1. The standard InChI is InChI=1S/C15H21F3N2O/c16-15(17,18)13-8-4-9-14(21)20(13)11-5-10-19-12-6-2-1-3-7-12/h4,8-9,12,19H,1-3,5-7,10-11H2. The Morgan fingerprint density at radius 2 is 1.90 bits per heavy atom. The molecule has 0 bridgehead atoms. The van der Waals surface area contributed by atoms with Gasteiger partial charge in [-0.05, 0) is 31.9 Å². The van der Waals surface area contributed by atoms with Gasteiger partial charge in [-0.2, -0.15) is 13.2 Å². The summed E-state index contributed by atoms with van der Waals surface area (Å²) >= 11 is 0. The zero-order chi connectivity index (χ0) is 15.3. The topological polar surface area (TPSA) is 34.0 Å². The van der Waals surface area contributed by atoms with Crippen LogP contribution in [0.1, 0.15) is 44.2 Å². The first-order valence-corrected chi connectivity index (χ1v) is 7.49. The van der Waals surface area contributed by atoms with E-state index in [0.29, 0.717) is 19.0 Å². The third kappa shape index (κ3) is 4.59. The van der Waals surface area contributed by atoms with Gasteiger partial charge in [0.05, 0.1) is 0 Å². The van der Waals surface area contributed by atoms with Crippen molar-refractivity contribution >= 4 is 0 Å². The third-order valence-corrected chi connectivity index (χ3v) is 3.94. The molecule has 0 spiro atoms. The molecule has 1 aromatic heterocycles. The summed E-state index contributed by atoms with van der Waals surface area (Å²) in [5.74, 6) is 0. The Morgan fingerprint density at radius 3 is 2.57 bits per heavy atom.